The predicted molar refractivity (Wildman–Crippen MR) is 237 cm³/mol. The fraction of sp³-hybridized carbons (Fsp3) is 0.909. The molecule has 0 aromatic rings. The fourth-order valence-electron chi connectivity index (χ4n) is 8.35. The van der Waals surface area contributed by atoms with Crippen LogP contribution in [-0.2, 0) is 57.1 Å². The number of ketones is 2. The van der Waals surface area contributed by atoms with Crippen molar-refractivity contribution in [3.05, 3.63) is 0 Å². The second-order valence-corrected chi connectivity index (χ2v) is 18.3. The largest absolute Gasteiger partial charge is 0.394 e. The van der Waals surface area contributed by atoms with E-state index in [1.807, 2.05) is 6.92 Å². The number of aliphatic hydroxyl groups is 12. The van der Waals surface area contributed by atoms with Gasteiger partial charge in [-0.2, -0.15) is 0 Å². The van der Waals surface area contributed by atoms with Crippen LogP contribution < -0.4 is 10.6 Å². The van der Waals surface area contributed by atoms with Crippen molar-refractivity contribution in [2.45, 2.75) is 188 Å². The van der Waals surface area contributed by atoms with E-state index in [2.05, 4.69) is 10.6 Å². The molecule has 0 radical (unpaired) electrons. The molecule has 418 valence electrons. The summed E-state index contributed by atoms with van der Waals surface area (Å²) in [5.41, 5.74) is 0. The molecule has 0 aromatic heterocycles. The molecule has 0 aliphatic carbocycles. The van der Waals surface area contributed by atoms with Crippen molar-refractivity contribution in [3.63, 3.8) is 0 Å². The smallest absolute Gasteiger partial charge is 0.234 e. The van der Waals surface area contributed by atoms with Gasteiger partial charge in [0.2, 0.25) is 11.8 Å². The van der Waals surface area contributed by atoms with E-state index in [0.717, 1.165) is 0 Å². The highest BCUT2D eigenvalue weighted by molar-refractivity contribution is 5.85. The van der Waals surface area contributed by atoms with Gasteiger partial charge in [-0.05, 0) is 33.1 Å². The molecule has 4 heterocycles. The van der Waals surface area contributed by atoms with Gasteiger partial charge < -0.3 is 110 Å². The first kappa shape index (κ1) is 61.9. The topological polar surface area (TPSA) is 412 Å². The minimum Gasteiger partial charge on any atom is -0.394 e. The Hall–Kier alpha value is -2.63. The number of nitrogens with zero attached hydrogens (tertiary/aromatic N) is 1. The first-order valence-corrected chi connectivity index (χ1v) is 24.3. The number of hydrogen-bond donors (Lipinski definition) is 14. The Morgan fingerprint density at radius 2 is 1.04 bits per heavy atom. The zero-order valence-corrected chi connectivity index (χ0v) is 40.4. The number of aliphatic hydroxyl groups excluding tert-OH is 12. The molecule has 0 aromatic carbocycles. The molecule has 20 atom stereocenters. The Bertz CT molecular complexity index is 1640. The lowest BCUT2D eigenvalue weighted by Gasteiger charge is -2.46. The Labute approximate surface area is 415 Å². The minimum atomic E-state index is -2.42. The van der Waals surface area contributed by atoms with Crippen molar-refractivity contribution in [2.24, 2.45) is 0 Å². The van der Waals surface area contributed by atoms with E-state index >= 15 is 4.39 Å². The number of nitrogens with one attached hydrogen (secondary N) is 2. The van der Waals surface area contributed by atoms with E-state index in [0.29, 0.717) is 38.6 Å². The van der Waals surface area contributed by atoms with Crippen molar-refractivity contribution in [3.8, 4) is 0 Å². The lowest BCUT2D eigenvalue weighted by molar-refractivity contribution is -0.359. The van der Waals surface area contributed by atoms with Crippen LogP contribution in [0.25, 0.3) is 0 Å². The third kappa shape index (κ3) is 18.0. The molecule has 4 aliphatic rings. The summed E-state index contributed by atoms with van der Waals surface area (Å²) in [5, 5.41) is 128. The third-order valence-corrected chi connectivity index (χ3v) is 12.6. The molecule has 4 saturated heterocycles. The maximum atomic E-state index is 16.3. The van der Waals surface area contributed by atoms with Crippen LogP contribution in [0.2, 0.25) is 0 Å². The molecule has 28 heteroatoms. The molecule has 0 unspecified atom stereocenters. The Morgan fingerprint density at radius 1 is 0.528 bits per heavy atom. The molecular formula is C44H76FN3O24. The first-order chi connectivity index (χ1) is 34.2. The number of halogens is 1. The average Bonchev–Trinajstić information content (AvgIpc) is 3.34. The lowest BCUT2D eigenvalue weighted by atomic mass is 9.97. The van der Waals surface area contributed by atoms with Crippen LogP contribution in [0.15, 0.2) is 0 Å². The zero-order chi connectivity index (χ0) is 53.2. The highest BCUT2D eigenvalue weighted by Crippen LogP contribution is 2.32. The van der Waals surface area contributed by atoms with Gasteiger partial charge in [-0.25, -0.2) is 4.39 Å². The summed E-state index contributed by atoms with van der Waals surface area (Å²) >= 11 is 0. The van der Waals surface area contributed by atoms with Gasteiger partial charge in [0.05, 0.1) is 58.8 Å². The van der Waals surface area contributed by atoms with Crippen LogP contribution in [0.1, 0.15) is 65.2 Å². The van der Waals surface area contributed by atoms with Gasteiger partial charge in [-0.1, -0.05) is 12.8 Å². The van der Waals surface area contributed by atoms with Crippen molar-refractivity contribution < 1.29 is 123 Å². The van der Waals surface area contributed by atoms with Gasteiger partial charge in [-0.3, -0.25) is 24.1 Å². The summed E-state index contributed by atoms with van der Waals surface area (Å²) < 4.78 is 60.1. The van der Waals surface area contributed by atoms with E-state index in [-0.39, 0.29) is 63.0 Å². The first-order valence-electron chi connectivity index (χ1n) is 24.3. The van der Waals surface area contributed by atoms with Gasteiger partial charge in [0.1, 0.15) is 97.0 Å². The second kappa shape index (κ2) is 30.8. The zero-order valence-electron chi connectivity index (χ0n) is 40.4. The number of Topliss-reactive ketones (excluding diaryl/α,β-unsaturated/α-hetero) is 2. The molecule has 4 rings (SSSR count). The van der Waals surface area contributed by atoms with E-state index in [1.165, 1.54) is 11.8 Å². The standard InChI is InChI=1S/C44H76FN3O24/c1-3-46-27(53)11-7-5-4-6-9-22(51)15-48(16-23(52)10-8-13-65-42-37(62)34(59)30(55)21(2)68-42)17-28(54)47-12-14-66-41-29(45)40(72-44-39(64)36(61)32(57)25(19-50)70-44)33(58)26(71-41)20-67-43-38(63)35(60)31(56)24(18-49)69-43/h21,24-26,29-44,49-50,55-64H,3-20H2,1-2H3,(H,46,53)(H,47,54)/t21-,24+,25+,26+,29+,30+,31+,32+,33+,34+,35-,36-,37-,38-,39-,40+,41+,42+,43-,44+/m0/s1. The minimum absolute atomic E-state index is 0.0626. The molecule has 4 aliphatic heterocycles. The molecule has 4 fully saturated rings. The van der Waals surface area contributed by atoms with E-state index in [1.54, 1.807) is 0 Å². The second-order valence-electron chi connectivity index (χ2n) is 18.3. The summed E-state index contributed by atoms with van der Waals surface area (Å²) in [6.45, 7) is -0.542. The fourth-order valence-corrected chi connectivity index (χ4v) is 8.35. The monoisotopic (exact) mass is 1050 g/mol. The SMILES string of the molecule is CCNC(=O)CCCCCCC(=O)CN(CC(=O)CCCO[C@@H]1O[C@@H](C)[C@@H](O)[C@@H](O)[C@@H]1O)CC(=O)NCCO[C@@H]1O[C@H](CO[C@H]2O[C@H](CO)[C@@H](O)[C@H](O)[C@@H]2O)[C@@H](O)[C@H](O[C@H]2O[C@H](CO)[C@@H](O)[C@H](O)[C@@H]2O)[C@H]1F. The molecular weight excluding hydrogens is 973 g/mol. The van der Waals surface area contributed by atoms with Gasteiger partial charge in [0.15, 0.2) is 31.3 Å². The maximum Gasteiger partial charge on any atom is 0.234 e. The Balaban J connectivity index is 1.36. The lowest BCUT2D eigenvalue weighted by Crippen LogP contribution is -2.64. The number of rotatable bonds is 30. The predicted octanol–water partition coefficient (Wildman–Crippen LogP) is -6.91. The average molecular weight is 1050 g/mol. The van der Waals surface area contributed by atoms with Crippen molar-refractivity contribution in [1.29, 1.82) is 0 Å². The summed E-state index contributed by atoms with van der Waals surface area (Å²) in [6, 6.07) is 0. The van der Waals surface area contributed by atoms with Gasteiger partial charge in [0.25, 0.3) is 0 Å². The summed E-state index contributed by atoms with van der Waals surface area (Å²) in [4.78, 5) is 52.5. The van der Waals surface area contributed by atoms with Gasteiger partial charge >= 0.3 is 0 Å². The van der Waals surface area contributed by atoms with Crippen LogP contribution in [-0.4, -0.2) is 278 Å². The van der Waals surface area contributed by atoms with Crippen LogP contribution >= 0.6 is 0 Å². The van der Waals surface area contributed by atoms with E-state index < -0.39 is 162 Å². The number of unbranched alkanes of at least 4 members (excludes halogenated alkanes) is 3. The maximum absolute atomic E-state index is 16.3. The van der Waals surface area contributed by atoms with Crippen molar-refractivity contribution in [2.75, 3.05) is 65.8 Å². The van der Waals surface area contributed by atoms with Crippen LogP contribution in [0.4, 0.5) is 4.39 Å². The van der Waals surface area contributed by atoms with Gasteiger partial charge in [0, 0.05) is 32.4 Å². The quantitative estimate of drug-likeness (QED) is 0.0297. The van der Waals surface area contributed by atoms with E-state index in [4.69, 9.17) is 37.9 Å². The molecule has 0 spiro atoms. The molecule has 2 amide bonds. The number of carbonyl (C=O) groups is 4. The highest BCUT2D eigenvalue weighted by Gasteiger charge is 2.53. The van der Waals surface area contributed by atoms with Crippen molar-refractivity contribution >= 4 is 23.4 Å². The van der Waals surface area contributed by atoms with Crippen LogP contribution in [0, 0.1) is 0 Å². The highest BCUT2D eigenvalue weighted by atomic mass is 19.1. The summed E-state index contributed by atoms with van der Waals surface area (Å²) in [6.07, 6.45) is -31.2. The van der Waals surface area contributed by atoms with Crippen molar-refractivity contribution in [1.82, 2.24) is 15.5 Å². The normalized spacial score (nSPS) is 37.3. The Kier molecular flexibility index (Phi) is 26.5. The summed E-state index contributed by atoms with van der Waals surface area (Å²) in [5.74, 6) is -1.39. The molecule has 0 saturated carbocycles. The number of hydrogen-bond acceptors (Lipinski definition) is 25. The number of amides is 2. The molecule has 14 N–H and O–H groups in total. The molecule has 72 heavy (non-hydrogen) atoms. The summed E-state index contributed by atoms with van der Waals surface area (Å²) in [7, 11) is 0. The number of ether oxygens (including phenoxy) is 8. The van der Waals surface area contributed by atoms with Crippen LogP contribution in [0.3, 0.4) is 0 Å². The molecule has 0 bridgehead atoms. The van der Waals surface area contributed by atoms with Gasteiger partial charge in [-0.15, -0.1) is 0 Å². The molecule has 27 nitrogen and oxygen atoms in total. The third-order valence-electron chi connectivity index (χ3n) is 12.6. The van der Waals surface area contributed by atoms with E-state index in [9.17, 15) is 80.5 Å². The van der Waals surface area contributed by atoms with Crippen LogP contribution in [0.5, 0.6) is 0 Å². The number of carbonyl (C=O) groups excluding carboxylic acids is 4. The number of alkyl halides is 1. The Morgan fingerprint density at radius 3 is 1.64 bits per heavy atom.